The van der Waals surface area contributed by atoms with E-state index in [1.807, 2.05) is 5.38 Å². The van der Waals surface area contributed by atoms with Crippen molar-refractivity contribution in [3.63, 3.8) is 0 Å². The van der Waals surface area contributed by atoms with Gasteiger partial charge in [0.25, 0.3) is 0 Å². The number of benzene rings is 2. The van der Waals surface area contributed by atoms with Gasteiger partial charge in [0.2, 0.25) is 20.0 Å². The van der Waals surface area contributed by atoms with E-state index in [0.29, 0.717) is 69.9 Å². The van der Waals surface area contributed by atoms with Gasteiger partial charge >= 0.3 is 11.9 Å². The number of ether oxygens (including phenoxy) is 4. The van der Waals surface area contributed by atoms with E-state index in [-0.39, 0.29) is 71.6 Å². The Morgan fingerprint density at radius 3 is 1.64 bits per heavy atom. The number of nitrogens with zero attached hydrogens (tertiary/aromatic N) is 6. The molecule has 6 aliphatic rings. The maximum absolute atomic E-state index is 13.9. The number of methoxy groups -OCH3 is 2. The van der Waals surface area contributed by atoms with Crippen molar-refractivity contribution in [2.75, 3.05) is 65.1 Å². The van der Waals surface area contributed by atoms with Crippen LogP contribution in [0.25, 0.3) is 0 Å². The molecule has 2 aromatic carbocycles. The van der Waals surface area contributed by atoms with Crippen LogP contribution in [0.1, 0.15) is 91.0 Å². The maximum Gasteiger partial charge on any atom is 0.338 e. The summed E-state index contributed by atoms with van der Waals surface area (Å²) in [6.07, 6.45) is 7.86. The number of amidine groups is 2. The summed E-state index contributed by atoms with van der Waals surface area (Å²) in [5, 5.41) is 30.2. The predicted octanol–water partition coefficient (Wildman–Crippen LogP) is 6.42. The molecule has 7 heterocycles. The first-order valence-corrected chi connectivity index (χ1v) is 31.7. The molecule has 10 rings (SSSR count). The lowest BCUT2D eigenvalue weighted by Gasteiger charge is -2.36. The van der Waals surface area contributed by atoms with Crippen molar-refractivity contribution in [2.45, 2.75) is 87.9 Å². The third kappa shape index (κ3) is 13.5. The van der Waals surface area contributed by atoms with Gasteiger partial charge < -0.3 is 39.8 Å². The highest BCUT2D eigenvalue weighted by Crippen LogP contribution is 2.43. The number of rotatable bonds is 15. The van der Waals surface area contributed by atoms with E-state index in [9.17, 15) is 40.3 Å². The van der Waals surface area contributed by atoms with Gasteiger partial charge in [0.05, 0.1) is 62.3 Å². The summed E-state index contributed by atoms with van der Waals surface area (Å²) in [4.78, 5) is 44.5. The maximum atomic E-state index is 13.9. The number of halogens is 4. The normalized spacial score (nSPS) is 22.9. The molecule has 0 bridgehead atoms. The van der Waals surface area contributed by atoms with Gasteiger partial charge in [-0.1, -0.05) is 41.8 Å². The Bertz CT molecular complexity index is 3260. The smallest absolute Gasteiger partial charge is 0.338 e. The number of thiazole rings is 2. The van der Waals surface area contributed by atoms with Gasteiger partial charge in [0.15, 0.2) is 27.5 Å². The van der Waals surface area contributed by atoms with E-state index in [1.165, 1.54) is 75.8 Å². The van der Waals surface area contributed by atoms with E-state index in [0.717, 1.165) is 38.2 Å². The molecule has 1 spiro atoms. The number of carbonyl (C=O) groups excluding carboxylic acids is 2. The Morgan fingerprint density at radius 1 is 0.762 bits per heavy atom. The van der Waals surface area contributed by atoms with Crippen LogP contribution in [0, 0.1) is 23.5 Å². The molecule has 1 aliphatic carbocycles. The molecule has 28 heteroatoms. The van der Waals surface area contributed by atoms with E-state index in [4.69, 9.17) is 57.2 Å². The van der Waals surface area contributed by atoms with E-state index < -0.39 is 86.1 Å². The van der Waals surface area contributed by atoms with E-state index >= 15 is 0 Å². The Labute approximate surface area is 480 Å². The van der Waals surface area contributed by atoms with Crippen LogP contribution in [0.4, 0.5) is 8.78 Å². The quantitative estimate of drug-likeness (QED) is 0.0936. The van der Waals surface area contributed by atoms with Crippen molar-refractivity contribution in [3.8, 4) is 0 Å². The number of aliphatic imine (C=N–C) groups is 2. The largest absolute Gasteiger partial charge is 0.466 e. The van der Waals surface area contributed by atoms with Crippen LogP contribution in [-0.2, 0) is 48.6 Å². The second-order valence-corrected chi connectivity index (χ2v) is 26.5. The minimum absolute atomic E-state index is 0.0956. The molecule has 0 amide bonds. The lowest BCUT2D eigenvalue weighted by molar-refractivity contribution is -0.185. The van der Waals surface area contributed by atoms with Crippen molar-refractivity contribution >= 4 is 89.5 Å². The van der Waals surface area contributed by atoms with Crippen LogP contribution in [0.3, 0.4) is 0 Å². The van der Waals surface area contributed by atoms with Crippen LogP contribution in [0.2, 0.25) is 10.0 Å². The Balaban J connectivity index is 0.000000196. The SMILES string of the molecule is COC(=O)C1=C(C2CCN(S(=O)(=O)CC(O)CO)CC2)NC(c2nccs2)=NC1c1ccc(F)cc1Cl.COC(=O)C1=C(C2CCN(S(=O)(=O)CC3COC4(CCCCC4)O3)CC2)NC(c2nccs2)=NC1c1ccc(F)cc1Cl. The molecule has 4 unspecified atom stereocenters. The first-order chi connectivity index (χ1) is 38.3. The predicted molar refractivity (Wildman–Crippen MR) is 296 cm³/mol. The molecular formula is C52H60Cl2F2N8O12S4. The van der Waals surface area contributed by atoms with Crippen molar-refractivity contribution in [3.05, 3.63) is 125 Å². The van der Waals surface area contributed by atoms with E-state index in [1.54, 1.807) is 17.8 Å². The summed E-state index contributed by atoms with van der Waals surface area (Å²) in [5.74, 6) is -3.22. The lowest BCUT2D eigenvalue weighted by atomic mass is 9.86. The zero-order chi connectivity index (χ0) is 56.9. The summed E-state index contributed by atoms with van der Waals surface area (Å²) in [7, 11) is -4.85. The minimum Gasteiger partial charge on any atom is -0.466 e. The fourth-order valence-electron chi connectivity index (χ4n) is 10.9. The number of hydrogen-bond acceptors (Lipinski definition) is 20. The third-order valence-corrected chi connectivity index (χ3v) is 20.9. The number of sulfonamides is 2. The number of aliphatic hydroxyl groups excluding tert-OH is 2. The average Bonchev–Trinajstić information content (AvgIpc) is 4.38. The molecular weight excluding hydrogens is 1170 g/mol. The molecule has 2 aromatic heterocycles. The zero-order valence-corrected chi connectivity index (χ0v) is 48.3. The highest BCUT2D eigenvalue weighted by molar-refractivity contribution is 7.89. The molecule has 5 aliphatic heterocycles. The molecule has 432 valence electrons. The Morgan fingerprint density at radius 2 is 1.23 bits per heavy atom. The van der Waals surface area contributed by atoms with Crippen LogP contribution in [0.15, 0.2) is 92.1 Å². The summed E-state index contributed by atoms with van der Waals surface area (Å²) in [5.41, 5.74) is 2.42. The number of aliphatic hydroxyl groups is 2. The first-order valence-electron chi connectivity index (χ1n) is 25.9. The van der Waals surface area contributed by atoms with Gasteiger partial charge in [-0.2, -0.15) is 0 Å². The van der Waals surface area contributed by atoms with Crippen molar-refractivity contribution < 1.29 is 64.4 Å². The standard InChI is InChI=1S/C29H34ClFN4O6S2.C23H26ClFN4O6S2/c1-39-28(36)23-24(33-26(27-32-11-14-42-27)34-25(23)21-6-5-19(31)15-22(21)30)18-7-12-35(13-8-18)43(37,38)17-20-16-40-29(41-20)9-3-2-4-10-29;1-35-23(32)18-19(13-4-7-29(8-5-13)37(33,34)12-15(31)11-30)27-21(22-26-6-9-36-22)28-20(18)16-3-2-14(25)10-17(16)24/h5-6,11,14-15,18,20,25H,2-4,7-10,12-13,16-17H2,1H3,(H,33,34);2-3,6,9-10,13,15,20,30-31H,4-5,7-8,11-12H2,1H3,(H,27,28). The number of carbonyl (C=O) groups is 2. The monoisotopic (exact) mass is 1220 g/mol. The van der Waals surface area contributed by atoms with Crippen molar-refractivity contribution in [1.29, 1.82) is 0 Å². The fraction of sp³-hybridized carbons (Fsp3) is 0.500. The molecule has 20 nitrogen and oxygen atoms in total. The van der Waals surface area contributed by atoms with Crippen molar-refractivity contribution in [2.24, 2.45) is 21.8 Å². The summed E-state index contributed by atoms with van der Waals surface area (Å²) in [6, 6.07) is 6.05. The number of esters is 2. The molecule has 0 radical (unpaired) electrons. The molecule has 4 aromatic rings. The van der Waals surface area contributed by atoms with Gasteiger partial charge in [-0.05, 0) is 62.8 Å². The van der Waals surface area contributed by atoms with Crippen LogP contribution in [0.5, 0.6) is 0 Å². The molecule has 1 saturated carbocycles. The van der Waals surface area contributed by atoms with Crippen LogP contribution < -0.4 is 10.6 Å². The van der Waals surface area contributed by atoms with Crippen molar-refractivity contribution in [1.82, 2.24) is 29.2 Å². The number of allylic oxidation sites excluding steroid dienone is 2. The van der Waals surface area contributed by atoms with Crippen LogP contribution in [-0.4, -0.2) is 152 Å². The van der Waals surface area contributed by atoms with E-state index in [2.05, 4.69) is 20.6 Å². The van der Waals surface area contributed by atoms with Gasteiger partial charge in [0.1, 0.15) is 23.7 Å². The number of piperidine rings is 2. The van der Waals surface area contributed by atoms with Gasteiger partial charge in [0, 0.05) is 107 Å². The summed E-state index contributed by atoms with van der Waals surface area (Å²) in [6.45, 7) is 0.476. The average molecular weight is 1230 g/mol. The number of aromatic nitrogens is 2. The van der Waals surface area contributed by atoms with Gasteiger partial charge in [-0.25, -0.2) is 53.8 Å². The number of hydrogen-bond donors (Lipinski definition) is 4. The minimum atomic E-state index is -3.78. The highest BCUT2D eigenvalue weighted by atomic mass is 35.5. The Kier molecular flexibility index (Phi) is 19.2. The fourth-order valence-corrected chi connectivity index (χ4v) is 15.8. The second-order valence-electron chi connectivity index (χ2n) is 19.9. The zero-order valence-electron chi connectivity index (χ0n) is 43.6. The second kappa shape index (κ2) is 25.7. The van der Waals surface area contributed by atoms with Crippen LogP contribution >= 0.6 is 45.9 Å². The molecule has 80 heavy (non-hydrogen) atoms. The number of nitrogens with one attached hydrogen (secondary N) is 2. The highest BCUT2D eigenvalue weighted by Gasteiger charge is 2.46. The summed E-state index contributed by atoms with van der Waals surface area (Å²) < 4.78 is 105. The van der Waals surface area contributed by atoms with Gasteiger partial charge in [-0.15, -0.1) is 22.7 Å². The summed E-state index contributed by atoms with van der Waals surface area (Å²) >= 11 is 15.6. The molecule has 4 atom stereocenters. The topological polar surface area (TPSA) is 261 Å². The first kappa shape index (κ1) is 59.8. The third-order valence-electron chi connectivity index (χ3n) is 14.8. The molecule has 4 N–H and O–H groups in total. The van der Waals surface area contributed by atoms with Gasteiger partial charge in [-0.3, -0.25) is 9.98 Å². The Hall–Kier alpha value is -4.84. The lowest BCUT2D eigenvalue weighted by Crippen LogP contribution is -2.45. The molecule has 4 fully saturated rings. The molecule has 3 saturated heterocycles.